The number of rotatable bonds is 4. The lowest BCUT2D eigenvalue weighted by Crippen LogP contribution is -2.24. The van der Waals surface area contributed by atoms with Gasteiger partial charge in [-0.05, 0) is 17.9 Å². The zero-order chi connectivity index (χ0) is 13.7. The lowest BCUT2D eigenvalue weighted by atomic mass is 10.2. The van der Waals surface area contributed by atoms with E-state index in [2.05, 4.69) is 5.32 Å². The molecule has 4 nitrogen and oxygen atoms in total. The average Bonchev–Trinajstić information content (AvgIpc) is 2.87. The van der Waals surface area contributed by atoms with E-state index in [4.69, 9.17) is 10.00 Å². The number of thioether (sulfide) groups is 1. The number of nitrogens with zero attached hydrogens (tertiary/aromatic N) is 1. The number of hydrogen-bond acceptors (Lipinski definition) is 4. The Bertz CT molecular complexity index is 561. The third kappa shape index (κ3) is 3.09. The van der Waals surface area contributed by atoms with Gasteiger partial charge in [-0.15, -0.1) is 11.8 Å². The number of ether oxygens (including phenoxy) is 1. The molecular weight excluding hydrogens is 260 g/mol. The normalized spacial score (nSPS) is 13.9. The third-order valence-electron chi connectivity index (χ3n) is 2.67. The van der Waals surface area contributed by atoms with Gasteiger partial charge in [0.1, 0.15) is 6.07 Å². The van der Waals surface area contributed by atoms with Gasteiger partial charge in [0.25, 0.3) is 5.91 Å². The molecule has 0 radical (unpaired) electrons. The lowest BCUT2D eigenvalue weighted by Gasteiger charge is -2.10. The van der Waals surface area contributed by atoms with Crippen molar-refractivity contribution < 1.29 is 9.53 Å². The number of carbonyl (C=O) groups is 1. The van der Waals surface area contributed by atoms with E-state index >= 15 is 0 Å². The van der Waals surface area contributed by atoms with Crippen LogP contribution in [0.1, 0.15) is 23.7 Å². The van der Waals surface area contributed by atoms with E-state index < -0.39 is 0 Å². The molecule has 1 aliphatic heterocycles. The smallest absolute Gasteiger partial charge is 0.259 e. The summed E-state index contributed by atoms with van der Waals surface area (Å²) in [5.74, 6) is 0.956. The Morgan fingerprint density at radius 3 is 3.05 bits per heavy atom. The topological polar surface area (TPSA) is 62.1 Å². The van der Waals surface area contributed by atoms with Crippen molar-refractivity contribution in [1.82, 2.24) is 5.32 Å². The second-order valence-electron chi connectivity index (χ2n) is 3.90. The molecule has 1 aromatic carbocycles. The highest BCUT2D eigenvalue weighted by Crippen LogP contribution is 2.23. The summed E-state index contributed by atoms with van der Waals surface area (Å²) in [5.41, 5.74) is 1.10. The monoisotopic (exact) mass is 274 g/mol. The van der Waals surface area contributed by atoms with Crippen molar-refractivity contribution in [1.29, 1.82) is 5.26 Å². The number of carbonyl (C=O) groups excluding carboxylic acids is 1. The van der Waals surface area contributed by atoms with Crippen molar-refractivity contribution in [3.63, 3.8) is 0 Å². The largest absolute Gasteiger partial charge is 0.478 e. The maximum Gasteiger partial charge on any atom is 0.259 e. The van der Waals surface area contributed by atoms with Gasteiger partial charge in [-0.1, -0.05) is 19.1 Å². The minimum absolute atomic E-state index is 0.235. The molecule has 19 heavy (non-hydrogen) atoms. The molecule has 5 heteroatoms. The summed E-state index contributed by atoms with van der Waals surface area (Å²) in [6, 6.07) is 9.46. The molecular formula is C14H14N2O2S. The van der Waals surface area contributed by atoms with E-state index in [0.717, 1.165) is 10.6 Å². The van der Waals surface area contributed by atoms with E-state index in [0.29, 0.717) is 30.0 Å². The van der Waals surface area contributed by atoms with E-state index in [9.17, 15) is 4.79 Å². The van der Waals surface area contributed by atoms with Crippen LogP contribution in [0, 0.1) is 11.3 Å². The van der Waals surface area contributed by atoms with Crippen molar-refractivity contribution in [3.8, 4) is 6.07 Å². The quantitative estimate of drug-likeness (QED) is 0.857. The maximum absolute atomic E-state index is 12.2. The highest BCUT2D eigenvalue weighted by Gasteiger charge is 2.20. The van der Waals surface area contributed by atoms with Crippen LogP contribution in [-0.4, -0.2) is 18.3 Å². The van der Waals surface area contributed by atoms with E-state index in [1.165, 1.54) is 0 Å². The Labute approximate surface area is 116 Å². The van der Waals surface area contributed by atoms with E-state index in [1.807, 2.05) is 31.2 Å². The maximum atomic E-state index is 12.2. The van der Waals surface area contributed by atoms with Crippen molar-refractivity contribution in [3.05, 3.63) is 41.3 Å². The molecule has 2 rings (SSSR count). The van der Waals surface area contributed by atoms with Gasteiger partial charge in [-0.3, -0.25) is 10.1 Å². The predicted molar refractivity (Wildman–Crippen MR) is 73.5 cm³/mol. The first kappa shape index (κ1) is 13.5. The van der Waals surface area contributed by atoms with E-state index in [1.54, 1.807) is 17.8 Å². The average molecular weight is 274 g/mol. The standard InChI is InChI=1S/C14H14N2O2S/c1-2-19-12-6-4-3-5-11(12)13(17)16-14-10(9-15)7-8-18-14/h3-6H,2,7-8H2,1H3,(H,16,17). The predicted octanol–water partition coefficient (Wildman–Crippen LogP) is 2.68. The molecule has 98 valence electrons. The van der Waals surface area contributed by atoms with Crippen LogP contribution < -0.4 is 5.32 Å². The van der Waals surface area contributed by atoms with Gasteiger partial charge in [0.05, 0.1) is 17.7 Å². The number of nitrogens with one attached hydrogen (secondary N) is 1. The summed E-state index contributed by atoms with van der Waals surface area (Å²) in [6.07, 6.45) is 0.553. The summed E-state index contributed by atoms with van der Waals surface area (Å²) in [4.78, 5) is 13.1. The SMILES string of the molecule is CCSc1ccccc1C(=O)NC1=C(C#N)CCO1. The molecule has 1 heterocycles. The van der Waals surface area contributed by atoms with Crippen molar-refractivity contribution >= 4 is 17.7 Å². The molecule has 0 aromatic heterocycles. The molecule has 0 atom stereocenters. The minimum atomic E-state index is -0.235. The summed E-state index contributed by atoms with van der Waals surface area (Å²) in [6.45, 7) is 2.49. The van der Waals surface area contributed by atoms with Gasteiger partial charge in [-0.2, -0.15) is 5.26 Å². The van der Waals surface area contributed by atoms with Crippen LogP contribution in [-0.2, 0) is 4.74 Å². The summed E-state index contributed by atoms with van der Waals surface area (Å²) in [5, 5.41) is 11.6. The van der Waals surface area contributed by atoms with Gasteiger partial charge >= 0.3 is 0 Å². The third-order valence-corrected chi connectivity index (χ3v) is 3.62. The molecule has 0 spiro atoms. The molecule has 0 saturated heterocycles. The Kier molecular flexibility index (Phi) is 4.48. The van der Waals surface area contributed by atoms with Gasteiger partial charge in [0.2, 0.25) is 5.88 Å². The molecule has 0 bridgehead atoms. The first-order valence-corrected chi connectivity index (χ1v) is 7.04. The molecule has 0 fully saturated rings. The van der Waals surface area contributed by atoms with Crippen molar-refractivity contribution in [2.75, 3.05) is 12.4 Å². The fraction of sp³-hybridized carbons (Fsp3) is 0.286. The Morgan fingerprint density at radius 2 is 2.32 bits per heavy atom. The first-order chi connectivity index (χ1) is 9.26. The first-order valence-electron chi connectivity index (χ1n) is 6.05. The van der Waals surface area contributed by atoms with Gasteiger partial charge in [-0.25, -0.2) is 0 Å². The molecule has 0 aliphatic carbocycles. The van der Waals surface area contributed by atoms with Gasteiger partial charge in [0, 0.05) is 11.3 Å². The van der Waals surface area contributed by atoms with Crippen LogP contribution in [0.2, 0.25) is 0 Å². The van der Waals surface area contributed by atoms with E-state index in [-0.39, 0.29) is 5.91 Å². The number of benzene rings is 1. The molecule has 1 N–H and O–H groups in total. The highest BCUT2D eigenvalue weighted by molar-refractivity contribution is 7.99. The van der Waals surface area contributed by atoms with Crippen LogP contribution in [0.5, 0.6) is 0 Å². The molecule has 1 aromatic rings. The fourth-order valence-corrected chi connectivity index (χ4v) is 2.58. The Hall–Kier alpha value is -1.93. The van der Waals surface area contributed by atoms with Gasteiger partial charge < -0.3 is 4.74 Å². The van der Waals surface area contributed by atoms with Crippen molar-refractivity contribution in [2.24, 2.45) is 0 Å². The zero-order valence-corrected chi connectivity index (χ0v) is 11.4. The van der Waals surface area contributed by atoms with Gasteiger partial charge in [0.15, 0.2) is 0 Å². The van der Waals surface area contributed by atoms with Crippen LogP contribution in [0.4, 0.5) is 0 Å². The number of hydrogen-bond donors (Lipinski definition) is 1. The van der Waals surface area contributed by atoms with Crippen LogP contribution in [0.25, 0.3) is 0 Å². The molecule has 0 unspecified atom stereocenters. The van der Waals surface area contributed by atoms with Crippen LogP contribution >= 0.6 is 11.8 Å². The second kappa shape index (κ2) is 6.30. The number of nitriles is 1. The highest BCUT2D eigenvalue weighted by atomic mass is 32.2. The summed E-state index contributed by atoms with van der Waals surface area (Å²) in [7, 11) is 0. The Balaban J connectivity index is 2.19. The van der Waals surface area contributed by atoms with Crippen molar-refractivity contribution in [2.45, 2.75) is 18.2 Å². The van der Waals surface area contributed by atoms with Crippen LogP contribution in [0.15, 0.2) is 40.6 Å². The number of amides is 1. The molecule has 0 saturated carbocycles. The molecule has 1 amide bonds. The zero-order valence-electron chi connectivity index (χ0n) is 10.6. The molecule has 1 aliphatic rings. The summed E-state index contributed by atoms with van der Waals surface area (Å²) < 4.78 is 5.27. The minimum Gasteiger partial charge on any atom is -0.478 e. The summed E-state index contributed by atoms with van der Waals surface area (Å²) >= 11 is 1.61. The fourth-order valence-electron chi connectivity index (χ4n) is 1.78. The Morgan fingerprint density at radius 1 is 1.53 bits per heavy atom. The van der Waals surface area contributed by atoms with Crippen LogP contribution in [0.3, 0.4) is 0 Å². The second-order valence-corrected chi connectivity index (χ2v) is 5.21. The lowest BCUT2D eigenvalue weighted by molar-refractivity contribution is 0.0927.